The molecule has 5 heteroatoms. The maximum absolute atomic E-state index is 12.5. The second-order valence-electron chi connectivity index (χ2n) is 5.78. The van der Waals surface area contributed by atoms with E-state index in [2.05, 4.69) is 17.2 Å². The quantitative estimate of drug-likeness (QED) is 0.641. The lowest BCUT2D eigenvalue weighted by Crippen LogP contribution is -2.41. The number of hydrogen-bond donors (Lipinski definition) is 2. The zero-order chi connectivity index (χ0) is 15.4. The number of nitrogen functional groups attached to an aromatic ring is 1. The SMILES string of the molecule is CCN1CCCC1CN(C)C(=O)c1ccc(NN)c(C)c1. The van der Waals surface area contributed by atoms with Crippen LogP contribution < -0.4 is 11.3 Å². The summed E-state index contributed by atoms with van der Waals surface area (Å²) in [6.45, 7) is 7.13. The predicted octanol–water partition coefficient (Wildman–Crippen LogP) is 1.84. The van der Waals surface area contributed by atoms with Crippen molar-refractivity contribution in [3.8, 4) is 0 Å². The number of carbonyl (C=O) groups is 1. The fourth-order valence-electron chi connectivity index (χ4n) is 3.10. The molecule has 0 aliphatic carbocycles. The van der Waals surface area contributed by atoms with E-state index in [9.17, 15) is 4.79 Å². The number of anilines is 1. The number of aryl methyl sites for hydroxylation is 1. The molecule has 1 aliphatic rings. The third kappa shape index (κ3) is 3.54. The van der Waals surface area contributed by atoms with E-state index in [-0.39, 0.29) is 5.91 Å². The van der Waals surface area contributed by atoms with Crippen LogP contribution in [-0.2, 0) is 0 Å². The number of hydrogen-bond acceptors (Lipinski definition) is 4. The van der Waals surface area contributed by atoms with Gasteiger partial charge in [-0.15, -0.1) is 0 Å². The molecule has 1 aliphatic heterocycles. The zero-order valence-electron chi connectivity index (χ0n) is 13.2. The lowest BCUT2D eigenvalue weighted by molar-refractivity contribution is 0.0754. The van der Waals surface area contributed by atoms with Crippen molar-refractivity contribution in [3.05, 3.63) is 29.3 Å². The molecule has 2 rings (SSSR count). The number of nitrogens with zero attached hydrogens (tertiary/aromatic N) is 2. The van der Waals surface area contributed by atoms with Gasteiger partial charge in [0.05, 0.1) is 5.69 Å². The Morgan fingerprint density at radius 2 is 2.29 bits per heavy atom. The third-order valence-corrected chi connectivity index (χ3v) is 4.37. The van der Waals surface area contributed by atoms with E-state index in [1.165, 1.54) is 12.8 Å². The lowest BCUT2D eigenvalue weighted by Gasteiger charge is -2.28. The highest BCUT2D eigenvalue weighted by Crippen LogP contribution is 2.19. The van der Waals surface area contributed by atoms with Crippen LogP contribution in [0.5, 0.6) is 0 Å². The molecule has 0 radical (unpaired) electrons. The van der Waals surface area contributed by atoms with Crippen molar-refractivity contribution in [1.29, 1.82) is 0 Å². The normalized spacial score (nSPS) is 18.8. The van der Waals surface area contributed by atoms with Crippen molar-refractivity contribution in [3.63, 3.8) is 0 Å². The monoisotopic (exact) mass is 290 g/mol. The number of likely N-dealkylation sites (N-methyl/N-ethyl adjacent to an activating group) is 2. The number of rotatable bonds is 5. The molecule has 1 atom stereocenters. The van der Waals surface area contributed by atoms with E-state index in [0.717, 1.165) is 36.4 Å². The first-order chi connectivity index (χ1) is 10.1. The molecule has 116 valence electrons. The highest BCUT2D eigenvalue weighted by atomic mass is 16.2. The fraction of sp³-hybridized carbons (Fsp3) is 0.562. The Kier molecular flexibility index (Phi) is 5.20. The third-order valence-electron chi connectivity index (χ3n) is 4.37. The van der Waals surface area contributed by atoms with Crippen LogP contribution in [0.4, 0.5) is 5.69 Å². The predicted molar refractivity (Wildman–Crippen MR) is 86.2 cm³/mol. The topological polar surface area (TPSA) is 61.6 Å². The lowest BCUT2D eigenvalue weighted by atomic mass is 10.1. The smallest absolute Gasteiger partial charge is 0.253 e. The van der Waals surface area contributed by atoms with Crippen LogP contribution in [0, 0.1) is 6.92 Å². The minimum absolute atomic E-state index is 0.0737. The van der Waals surface area contributed by atoms with Crippen LogP contribution in [0.25, 0.3) is 0 Å². The summed E-state index contributed by atoms with van der Waals surface area (Å²) < 4.78 is 0. The number of nitrogens with one attached hydrogen (secondary N) is 1. The summed E-state index contributed by atoms with van der Waals surface area (Å²) in [5.41, 5.74) is 5.18. The van der Waals surface area contributed by atoms with E-state index in [1.54, 1.807) is 0 Å². The Balaban J connectivity index is 2.03. The molecule has 21 heavy (non-hydrogen) atoms. The van der Waals surface area contributed by atoms with Crippen molar-refractivity contribution in [2.75, 3.05) is 32.1 Å². The van der Waals surface area contributed by atoms with Crippen molar-refractivity contribution < 1.29 is 4.79 Å². The van der Waals surface area contributed by atoms with Gasteiger partial charge in [-0.2, -0.15) is 0 Å². The van der Waals surface area contributed by atoms with Gasteiger partial charge >= 0.3 is 0 Å². The van der Waals surface area contributed by atoms with Crippen LogP contribution in [0.2, 0.25) is 0 Å². The summed E-state index contributed by atoms with van der Waals surface area (Å²) >= 11 is 0. The van der Waals surface area contributed by atoms with Crippen molar-refractivity contribution >= 4 is 11.6 Å². The summed E-state index contributed by atoms with van der Waals surface area (Å²) in [5, 5.41) is 0. The number of amides is 1. The summed E-state index contributed by atoms with van der Waals surface area (Å²) in [7, 11) is 1.89. The molecule has 5 nitrogen and oxygen atoms in total. The average Bonchev–Trinajstić information content (AvgIpc) is 2.93. The molecule has 3 N–H and O–H groups in total. The second-order valence-corrected chi connectivity index (χ2v) is 5.78. The van der Waals surface area contributed by atoms with Gasteiger partial charge in [0, 0.05) is 25.2 Å². The van der Waals surface area contributed by atoms with Crippen LogP contribution in [0.1, 0.15) is 35.7 Å². The molecule has 1 heterocycles. The van der Waals surface area contributed by atoms with Crippen LogP contribution in [0.15, 0.2) is 18.2 Å². The van der Waals surface area contributed by atoms with E-state index < -0.39 is 0 Å². The standard InChI is InChI=1S/C16H26N4O/c1-4-20-9-5-6-14(20)11-19(3)16(21)13-7-8-15(18-17)12(2)10-13/h7-8,10,14,18H,4-6,9,11,17H2,1-3H3. The Morgan fingerprint density at radius 1 is 1.52 bits per heavy atom. The molecule has 1 aromatic rings. The molecule has 0 aromatic heterocycles. The van der Waals surface area contributed by atoms with Gasteiger partial charge in [0.2, 0.25) is 0 Å². The molecule has 1 fully saturated rings. The van der Waals surface area contributed by atoms with Gasteiger partial charge in [-0.3, -0.25) is 15.5 Å². The highest BCUT2D eigenvalue weighted by molar-refractivity contribution is 5.94. The number of carbonyl (C=O) groups excluding carboxylic acids is 1. The molecule has 0 bridgehead atoms. The number of likely N-dealkylation sites (tertiary alicyclic amines) is 1. The first-order valence-electron chi connectivity index (χ1n) is 7.63. The maximum Gasteiger partial charge on any atom is 0.253 e. The van der Waals surface area contributed by atoms with Gasteiger partial charge in [0.25, 0.3) is 5.91 Å². The van der Waals surface area contributed by atoms with Gasteiger partial charge < -0.3 is 10.3 Å². The van der Waals surface area contributed by atoms with Crippen LogP contribution >= 0.6 is 0 Å². The Morgan fingerprint density at radius 3 is 2.90 bits per heavy atom. The van der Waals surface area contributed by atoms with Crippen molar-refractivity contribution in [1.82, 2.24) is 9.80 Å². The van der Waals surface area contributed by atoms with Gasteiger partial charge in [-0.05, 0) is 56.6 Å². The summed E-state index contributed by atoms with van der Waals surface area (Å²) in [4.78, 5) is 16.8. The highest BCUT2D eigenvalue weighted by Gasteiger charge is 2.25. The molecule has 0 spiro atoms. The summed E-state index contributed by atoms with van der Waals surface area (Å²) in [6.07, 6.45) is 2.41. The molecule has 1 unspecified atom stereocenters. The molecule has 1 aromatic carbocycles. The van der Waals surface area contributed by atoms with Gasteiger partial charge in [-0.1, -0.05) is 6.92 Å². The van der Waals surface area contributed by atoms with E-state index in [0.29, 0.717) is 6.04 Å². The van der Waals surface area contributed by atoms with Gasteiger partial charge in [0.15, 0.2) is 0 Å². The minimum atomic E-state index is 0.0737. The minimum Gasteiger partial charge on any atom is -0.340 e. The fourth-order valence-corrected chi connectivity index (χ4v) is 3.10. The van der Waals surface area contributed by atoms with Crippen molar-refractivity contribution in [2.45, 2.75) is 32.7 Å². The van der Waals surface area contributed by atoms with Gasteiger partial charge in [-0.25, -0.2) is 0 Å². The molecular formula is C16H26N4O. The summed E-state index contributed by atoms with van der Waals surface area (Å²) in [5.74, 6) is 5.50. The molecular weight excluding hydrogens is 264 g/mol. The average molecular weight is 290 g/mol. The molecule has 1 saturated heterocycles. The molecule has 1 amide bonds. The number of benzene rings is 1. The zero-order valence-corrected chi connectivity index (χ0v) is 13.2. The maximum atomic E-state index is 12.5. The Labute approximate surface area is 127 Å². The second kappa shape index (κ2) is 6.91. The first kappa shape index (κ1) is 15.8. The van der Waals surface area contributed by atoms with Crippen LogP contribution in [-0.4, -0.2) is 48.4 Å². The summed E-state index contributed by atoms with van der Waals surface area (Å²) in [6, 6.07) is 6.06. The Hall–Kier alpha value is -1.59. The molecule has 0 saturated carbocycles. The van der Waals surface area contributed by atoms with Gasteiger partial charge in [0.1, 0.15) is 0 Å². The van der Waals surface area contributed by atoms with Crippen molar-refractivity contribution in [2.24, 2.45) is 5.84 Å². The van der Waals surface area contributed by atoms with E-state index in [4.69, 9.17) is 5.84 Å². The first-order valence-corrected chi connectivity index (χ1v) is 7.63. The Bertz CT molecular complexity index is 503. The number of hydrazine groups is 1. The van der Waals surface area contributed by atoms with E-state index >= 15 is 0 Å². The number of nitrogens with two attached hydrogens (primary N) is 1. The van der Waals surface area contributed by atoms with Crippen LogP contribution in [0.3, 0.4) is 0 Å². The van der Waals surface area contributed by atoms with E-state index in [1.807, 2.05) is 37.1 Å². The largest absolute Gasteiger partial charge is 0.340 e.